The fraction of sp³-hybridized carbons (Fsp3) is 0.273. The molecule has 6 heteroatoms. The van der Waals surface area contributed by atoms with Crippen molar-refractivity contribution < 1.29 is 19.1 Å². The first kappa shape index (κ1) is 19.5. The van der Waals surface area contributed by atoms with Crippen LogP contribution in [0.5, 0.6) is 11.5 Å². The van der Waals surface area contributed by atoms with Crippen molar-refractivity contribution in [1.82, 2.24) is 0 Å². The van der Waals surface area contributed by atoms with Crippen LogP contribution in [0.4, 0.5) is 11.4 Å². The van der Waals surface area contributed by atoms with Gasteiger partial charge in [-0.1, -0.05) is 6.07 Å². The van der Waals surface area contributed by atoms with Crippen LogP contribution in [0, 0.1) is 0 Å². The number of ether oxygens (including phenoxy) is 2. The summed E-state index contributed by atoms with van der Waals surface area (Å²) >= 11 is 0. The summed E-state index contributed by atoms with van der Waals surface area (Å²) < 4.78 is 10.5. The van der Waals surface area contributed by atoms with Gasteiger partial charge in [-0.25, -0.2) is 0 Å². The van der Waals surface area contributed by atoms with Crippen LogP contribution in [-0.2, 0) is 9.59 Å². The minimum Gasteiger partial charge on any atom is -0.493 e. The number of rotatable bonds is 6. The van der Waals surface area contributed by atoms with E-state index >= 15 is 0 Å². The van der Waals surface area contributed by atoms with Gasteiger partial charge in [0, 0.05) is 30.4 Å². The van der Waals surface area contributed by atoms with Crippen molar-refractivity contribution in [2.24, 2.45) is 0 Å². The second kappa shape index (κ2) is 9.08. The van der Waals surface area contributed by atoms with E-state index in [1.165, 1.54) is 6.08 Å². The molecule has 2 aromatic carbocycles. The zero-order valence-corrected chi connectivity index (χ0v) is 16.1. The molecule has 0 saturated carbocycles. The molecule has 0 unspecified atom stereocenters. The summed E-state index contributed by atoms with van der Waals surface area (Å²) in [4.78, 5) is 26.0. The van der Waals surface area contributed by atoms with Gasteiger partial charge in [-0.05, 0) is 60.9 Å². The number of hydrogen-bond donors (Lipinski definition) is 1. The second-order valence-corrected chi connectivity index (χ2v) is 6.49. The lowest BCUT2D eigenvalue weighted by molar-refractivity contribution is -0.119. The van der Waals surface area contributed by atoms with E-state index in [0.29, 0.717) is 23.6 Å². The third kappa shape index (κ3) is 4.71. The van der Waals surface area contributed by atoms with E-state index in [0.717, 1.165) is 30.6 Å². The number of anilines is 2. The summed E-state index contributed by atoms with van der Waals surface area (Å²) in [6.45, 7) is 0.749. The minimum absolute atomic E-state index is 0.154. The highest BCUT2D eigenvalue weighted by atomic mass is 16.5. The third-order valence-electron chi connectivity index (χ3n) is 4.60. The highest BCUT2D eigenvalue weighted by Crippen LogP contribution is 2.28. The van der Waals surface area contributed by atoms with Gasteiger partial charge in [-0.3, -0.25) is 9.59 Å². The molecule has 2 aromatic rings. The van der Waals surface area contributed by atoms with Crippen molar-refractivity contribution in [3.8, 4) is 11.5 Å². The van der Waals surface area contributed by atoms with E-state index in [-0.39, 0.29) is 11.8 Å². The van der Waals surface area contributed by atoms with E-state index in [4.69, 9.17) is 9.47 Å². The van der Waals surface area contributed by atoms with Gasteiger partial charge in [0.05, 0.1) is 14.2 Å². The molecule has 146 valence electrons. The number of methoxy groups -OCH3 is 2. The quantitative estimate of drug-likeness (QED) is 0.773. The van der Waals surface area contributed by atoms with Crippen molar-refractivity contribution >= 4 is 29.3 Å². The van der Waals surface area contributed by atoms with Crippen molar-refractivity contribution in [3.63, 3.8) is 0 Å². The zero-order valence-electron chi connectivity index (χ0n) is 16.1. The van der Waals surface area contributed by atoms with Gasteiger partial charge < -0.3 is 19.7 Å². The number of amides is 2. The Labute approximate surface area is 164 Å². The Morgan fingerprint density at radius 3 is 2.46 bits per heavy atom. The van der Waals surface area contributed by atoms with Gasteiger partial charge in [0.2, 0.25) is 11.8 Å². The molecule has 0 spiro atoms. The molecule has 1 saturated heterocycles. The van der Waals surface area contributed by atoms with Gasteiger partial charge in [0.15, 0.2) is 11.5 Å². The minimum atomic E-state index is -0.239. The maximum Gasteiger partial charge on any atom is 0.248 e. The average Bonchev–Trinajstić information content (AvgIpc) is 2.73. The number of carbonyl (C=O) groups excluding carboxylic acids is 2. The Bertz CT molecular complexity index is 875. The number of hydrogen-bond acceptors (Lipinski definition) is 4. The van der Waals surface area contributed by atoms with Crippen LogP contribution in [0.15, 0.2) is 48.5 Å². The number of carbonyl (C=O) groups is 2. The molecule has 0 atom stereocenters. The van der Waals surface area contributed by atoms with Gasteiger partial charge in [0.25, 0.3) is 0 Å². The fourth-order valence-electron chi connectivity index (χ4n) is 3.12. The van der Waals surface area contributed by atoms with Crippen molar-refractivity contribution in [3.05, 3.63) is 54.1 Å². The van der Waals surface area contributed by atoms with E-state index in [9.17, 15) is 9.59 Å². The number of benzene rings is 2. The molecule has 1 N–H and O–H groups in total. The normalized spacial score (nSPS) is 14.2. The molecule has 2 amide bonds. The molecule has 0 radical (unpaired) electrons. The Morgan fingerprint density at radius 2 is 1.79 bits per heavy atom. The van der Waals surface area contributed by atoms with Crippen molar-refractivity contribution in [2.75, 3.05) is 31.0 Å². The molecular formula is C22H24N2O4. The fourth-order valence-corrected chi connectivity index (χ4v) is 3.12. The lowest BCUT2D eigenvalue weighted by Gasteiger charge is -2.26. The Hall–Kier alpha value is -3.28. The first-order valence-corrected chi connectivity index (χ1v) is 9.22. The highest BCUT2D eigenvalue weighted by molar-refractivity contribution is 6.02. The molecule has 1 aliphatic rings. The topological polar surface area (TPSA) is 67.9 Å². The number of nitrogens with one attached hydrogen (secondary N) is 1. The summed E-state index contributed by atoms with van der Waals surface area (Å²) in [5.74, 6) is 1.15. The van der Waals surface area contributed by atoms with E-state index in [1.807, 2.05) is 18.2 Å². The SMILES string of the molecule is COc1ccc(/C=C/C(=O)Nc2ccc(N3CCCCC3=O)cc2)cc1OC. The molecule has 0 aliphatic carbocycles. The molecule has 6 nitrogen and oxygen atoms in total. The summed E-state index contributed by atoms with van der Waals surface area (Å²) in [5, 5.41) is 2.82. The standard InChI is InChI=1S/C22H24N2O4/c1-27-19-12-6-16(15-20(19)28-2)7-13-21(25)23-17-8-10-18(11-9-17)24-14-4-3-5-22(24)26/h6-13,15H,3-5,14H2,1-2H3,(H,23,25)/b13-7+. The van der Waals surface area contributed by atoms with Gasteiger partial charge in [-0.2, -0.15) is 0 Å². The van der Waals surface area contributed by atoms with E-state index in [2.05, 4.69) is 5.32 Å². The zero-order chi connectivity index (χ0) is 19.9. The van der Waals surface area contributed by atoms with Gasteiger partial charge >= 0.3 is 0 Å². The molecule has 1 heterocycles. The molecular weight excluding hydrogens is 356 g/mol. The van der Waals surface area contributed by atoms with Crippen molar-refractivity contribution in [2.45, 2.75) is 19.3 Å². The maximum absolute atomic E-state index is 12.2. The summed E-state index contributed by atoms with van der Waals surface area (Å²) in [5.41, 5.74) is 2.37. The molecule has 28 heavy (non-hydrogen) atoms. The summed E-state index contributed by atoms with van der Waals surface area (Å²) in [6, 6.07) is 12.8. The summed E-state index contributed by atoms with van der Waals surface area (Å²) in [7, 11) is 3.15. The van der Waals surface area contributed by atoms with Crippen LogP contribution in [-0.4, -0.2) is 32.6 Å². The Balaban J connectivity index is 1.61. The first-order valence-electron chi connectivity index (χ1n) is 9.22. The molecule has 1 aliphatic heterocycles. The van der Waals surface area contributed by atoms with Crippen molar-refractivity contribution in [1.29, 1.82) is 0 Å². The van der Waals surface area contributed by atoms with Crippen LogP contribution >= 0.6 is 0 Å². The average molecular weight is 380 g/mol. The van der Waals surface area contributed by atoms with Crippen LogP contribution in [0.1, 0.15) is 24.8 Å². The smallest absolute Gasteiger partial charge is 0.248 e. The Kier molecular flexibility index (Phi) is 6.32. The van der Waals surface area contributed by atoms with E-state index < -0.39 is 0 Å². The lowest BCUT2D eigenvalue weighted by Crippen LogP contribution is -2.35. The first-order chi connectivity index (χ1) is 13.6. The van der Waals surface area contributed by atoms with Crippen LogP contribution in [0.2, 0.25) is 0 Å². The molecule has 3 rings (SSSR count). The monoisotopic (exact) mass is 380 g/mol. The molecule has 0 aromatic heterocycles. The van der Waals surface area contributed by atoms with Crippen LogP contribution in [0.3, 0.4) is 0 Å². The Morgan fingerprint density at radius 1 is 1.04 bits per heavy atom. The predicted molar refractivity (Wildman–Crippen MR) is 110 cm³/mol. The molecule has 0 bridgehead atoms. The molecule has 1 fully saturated rings. The van der Waals surface area contributed by atoms with Gasteiger partial charge in [0.1, 0.15) is 0 Å². The van der Waals surface area contributed by atoms with Gasteiger partial charge in [-0.15, -0.1) is 0 Å². The largest absolute Gasteiger partial charge is 0.493 e. The predicted octanol–water partition coefficient (Wildman–Crippen LogP) is 3.87. The number of piperidine rings is 1. The lowest BCUT2D eigenvalue weighted by atomic mass is 10.1. The maximum atomic E-state index is 12.2. The van der Waals surface area contributed by atoms with Crippen LogP contribution < -0.4 is 19.7 Å². The third-order valence-corrected chi connectivity index (χ3v) is 4.60. The van der Waals surface area contributed by atoms with E-state index in [1.54, 1.807) is 49.5 Å². The highest BCUT2D eigenvalue weighted by Gasteiger charge is 2.19. The second-order valence-electron chi connectivity index (χ2n) is 6.49. The van der Waals surface area contributed by atoms with Crippen LogP contribution in [0.25, 0.3) is 6.08 Å². The number of nitrogens with zero attached hydrogens (tertiary/aromatic N) is 1. The summed E-state index contributed by atoms with van der Waals surface area (Å²) in [6.07, 6.45) is 5.74.